The summed E-state index contributed by atoms with van der Waals surface area (Å²) in [5.41, 5.74) is 1.50. The highest BCUT2D eigenvalue weighted by atomic mass is 16.4. The van der Waals surface area contributed by atoms with Gasteiger partial charge in [-0.2, -0.15) is 0 Å². The lowest BCUT2D eigenvalue weighted by atomic mass is 9.80. The molecule has 108 valence electrons. The minimum atomic E-state index is -0.761. The number of hydrogen-bond acceptors (Lipinski definition) is 2. The number of amides is 1. The summed E-state index contributed by atoms with van der Waals surface area (Å²) in [5, 5.41) is 9.18. The van der Waals surface area contributed by atoms with Crippen LogP contribution in [0.4, 0.5) is 0 Å². The fourth-order valence-corrected chi connectivity index (χ4v) is 2.46. The maximum absolute atomic E-state index is 12.2. The number of carbonyl (C=O) groups is 2. The zero-order chi connectivity index (χ0) is 14.8. The summed E-state index contributed by atoms with van der Waals surface area (Å²) in [6, 6.07) is 7.94. The van der Waals surface area contributed by atoms with Gasteiger partial charge in [0.15, 0.2) is 0 Å². The number of nitrogens with zero attached hydrogens (tertiary/aromatic N) is 1. The Morgan fingerprint density at radius 1 is 1.20 bits per heavy atom. The van der Waals surface area contributed by atoms with E-state index in [1.54, 1.807) is 11.8 Å². The Kier molecular flexibility index (Phi) is 4.12. The molecule has 0 atom stereocenters. The molecule has 0 spiro atoms. The van der Waals surface area contributed by atoms with Crippen LogP contribution in [0.2, 0.25) is 0 Å². The topological polar surface area (TPSA) is 57.6 Å². The van der Waals surface area contributed by atoms with Crippen molar-refractivity contribution in [2.75, 3.05) is 13.1 Å². The number of rotatable bonds is 3. The largest absolute Gasteiger partial charge is 0.481 e. The van der Waals surface area contributed by atoms with Crippen molar-refractivity contribution in [1.82, 2.24) is 4.90 Å². The Morgan fingerprint density at radius 2 is 1.75 bits per heavy atom. The van der Waals surface area contributed by atoms with Gasteiger partial charge in [-0.25, -0.2) is 0 Å². The highest BCUT2D eigenvalue weighted by Crippen LogP contribution is 2.31. The molecule has 0 aliphatic carbocycles. The molecule has 0 radical (unpaired) electrons. The van der Waals surface area contributed by atoms with Gasteiger partial charge in [-0.1, -0.05) is 29.8 Å². The number of likely N-dealkylation sites (tertiary alicyclic amines) is 1. The number of carboxylic acid groups (broad SMARTS) is 1. The van der Waals surface area contributed by atoms with E-state index < -0.39 is 11.4 Å². The van der Waals surface area contributed by atoms with Crippen molar-refractivity contribution in [3.8, 4) is 0 Å². The van der Waals surface area contributed by atoms with Gasteiger partial charge >= 0.3 is 5.97 Å². The molecule has 1 aliphatic rings. The van der Waals surface area contributed by atoms with Crippen LogP contribution in [-0.4, -0.2) is 35.0 Å². The molecule has 1 aromatic rings. The van der Waals surface area contributed by atoms with Gasteiger partial charge in [0, 0.05) is 13.1 Å². The molecule has 1 heterocycles. The van der Waals surface area contributed by atoms with Crippen LogP contribution in [0, 0.1) is 12.3 Å². The van der Waals surface area contributed by atoms with Crippen molar-refractivity contribution in [1.29, 1.82) is 0 Å². The molecule has 1 amide bonds. The predicted octanol–water partition coefficient (Wildman–Crippen LogP) is 2.25. The molecular weight excluding hydrogens is 254 g/mol. The quantitative estimate of drug-likeness (QED) is 0.920. The zero-order valence-electron chi connectivity index (χ0n) is 12.1. The van der Waals surface area contributed by atoms with Gasteiger partial charge in [-0.15, -0.1) is 0 Å². The molecule has 4 nitrogen and oxygen atoms in total. The van der Waals surface area contributed by atoms with E-state index in [4.69, 9.17) is 0 Å². The molecule has 0 bridgehead atoms. The second kappa shape index (κ2) is 5.65. The number of hydrogen-bond donors (Lipinski definition) is 1. The molecule has 20 heavy (non-hydrogen) atoms. The van der Waals surface area contributed by atoms with Crippen LogP contribution >= 0.6 is 0 Å². The van der Waals surface area contributed by atoms with Crippen molar-refractivity contribution >= 4 is 11.9 Å². The number of benzene rings is 1. The van der Waals surface area contributed by atoms with E-state index in [2.05, 4.69) is 0 Å². The summed E-state index contributed by atoms with van der Waals surface area (Å²) in [6.07, 6.45) is 1.45. The first-order valence-corrected chi connectivity index (χ1v) is 6.97. The zero-order valence-corrected chi connectivity index (χ0v) is 12.1. The van der Waals surface area contributed by atoms with E-state index in [1.807, 2.05) is 31.2 Å². The van der Waals surface area contributed by atoms with Gasteiger partial charge in [0.2, 0.25) is 5.91 Å². The number of aliphatic carboxylic acids is 1. The summed E-state index contributed by atoms with van der Waals surface area (Å²) in [6.45, 7) is 4.85. The summed E-state index contributed by atoms with van der Waals surface area (Å²) in [7, 11) is 0. The standard InChI is InChI=1S/C16H21NO3/c1-12-3-5-13(6-4-12)11-14(18)17-9-7-16(2,8-10-17)15(19)20/h3-6H,7-11H2,1-2H3,(H,19,20). The predicted molar refractivity (Wildman–Crippen MR) is 76.4 cm³/mol. The average Bonchev–Trinajstić information content (AvgIpc) is 2.42. The van der Waals surface area contributed by atoms with Gasteiger partial charge in [-0.05, 0) is 32.3 Å². The summed E-state index contributed by atoms with van der Waals surface area (Å²) in [4.78, 5) is 25.2. The van der Waals surface area contributed by atoms with Crippen LogP contribution in [0.25, 0.3) is 0 Å². The molecule has 4 heteroatoms. The molecule has 1 saturated heterocycles. The second-order valence-corrected chi connectivity index (χ2v) is 5.91. The molecule has 1 N–H and O–H groups in total. The van der Waals surface area contributed by atoms with Crippen LogP contribution in [0.1, 0.15) is 30.9 Å². The number of aryl methyl sites for hydroxylation is 1. The molecule has 0 unspecified atom stereocenters. The lowest BCUT2D eigenvalue weighted by molar-refractivity contribution is -0.152. The van der Waals surface area contributed by atoms with Crippen molar-refractivity contribution < 1.29 is 14.7 Å². The third-order valence-corrected chi connectivity index (χ3v) is 4.21. The van der Waals surface area contributed by atoms with Crippen LogP contribution < -0.4 is 0 Å². The average molecular weight is 275 g/mol. The number of carboxylic acids is 1. The Labute approximate surface area is 119 Å². The number of carbonyl (C=O) groups excluding carboxylic acids is 1. The van der Waals surface area contributed by atoms with E-state index in [9.17, 15) is 14.7 Å². The monoisotopic (exact) mass is 275 g/mol. The first kappa shape index (κ1) is 14.6. The highest BCUT2D eigenvalue weighted by Gasteiger charge is 2.37. The lowest BCUT2D eigenvalue weighted by Gasteiger charge is -2.36. The minimum Gasteiger partial charge on any atom is -0.481 e. The minimum absolute atomic E-state index is 0.0845. The van der Waals surface area contributed by atoms with Gasteiger partial charge < -0.3 is 10.0 Å². The molecule has 0 saturated carbocycles. The normalized spacial score (nSPS) is 17.8. The van der Waals surface area contributed by atoms with Gasteiger partial charge in [-0.3, -0.25) is 9.59 Å². The third kappa shape index (κ3) is 3.18. The SMILES string of the molecule is Cc1ccc(CC(=O)N2CCC(C)(C(=O)O)CC2)cc1. The fourth-order valence-electron chi connectivity index (χ4n) is 2.46. The van der Waals surface area contributed by atoms with E-state index >= 15 is 0 Å². The Balaban J connectivity index is 1.92. The maximum atomic E-state index is 12.2. The highest BCUT2D eigenvalue weighted by molar-refractivity contribution is 5.80. The van der Waals surface area contributed by atoms with Crippen molar-refractivity contribution in [2.45, 2.75) is 33.1 Å². The van der Waals surface area contributed by atoms with E-state index in [0.717, 1.165) is 5.56 Å². The Hall–Kier alpha value is -1.84. The van der Waals surface area contributed by atoms with Gasteiger partial charge in [0.05, 0.1) is 11.8 Å². The van der Waals surface area contributed by atoms with Crippen molar-refractivity contribution in [2.24, 2.45) is 5.41 Å². The molecule has 2 rings (SSSR count). The van der Waals surface area contributed by atoms with Gasteiger partial charge in [0.25, 0.3) is 0 Å². The van der Waals surface area contributed by atoms with Crippen LogP contribution in [-0.2, 0) is 16.0 Å². The van der Waals surface area contributed by atoms with Crippen LogP contribution in [0.3, 0.4) is 0 Å². The first-order chi connectivity index (χ1) is 9.40. The maximum Gasteiger partial charge on any atom is 0.309 e. The molecule has 1 aliphatic heterocycles. The Bertz CT molecular complexity index is 499. The number of piperidine rings is 1. The third-order valence-electron chi connectivity index (χ3n) is 4.21. The Morgan fingerprint density at radius 3 is 2.25 bits per heavy atom. The van der Waals surface area contributed by atoms with E-state index in [-0.39, 0.29) is 5.91 Å². The van der Waals surface area contributed by atoms with Gasteiger partial charge in [0.1, 0.15) is 0 Å². The van der Waals surface area contributed by atoms with Crippen molar-refractivity contribution in [3.63, 3.8) is 0 Å². The molecule has 0 aromatic heterocycles. The summed E-state index contributed by atoms with van der Waals surface area (Å²) < 4.78 is 0. The second-order valence-electron chi connectivity index (χ2n) is 5.91. The summed E-state index contributed by atoms with van der Waals surface area (Å²) in [5.74, 6) is -0.676. The van der Waals surface area contributed by atoms with Crippen LogP contribution in [0.5, 0.6) is 0 Å². The van der Waals surface area contributed by atoms with E-state index in [0.29, 0.717) is 32.4 Å². The van der Waals surface area contributed by atoms with E-state index in [1.165, 1.54) is 5.56 Å². The molecule has 1 aromatic carbocycles. The summed E-state index contributed by atoms with van der Waals surface area (Å²) >= 11 is 0. The molecular formula is C16H21NO3. The molecule has 1 fully saturated rings. The van der Waals surface area contributed by atoms with Crippen LogP contribution in [0.15, 0.2) is 24.3 Å². The lowest BCUT2D eigenvalue weighted by Crippen LogP contribution is -2.45. The smallest absolute Gasteiger partial charge is 0.309 e. The van der Waals surface area contributed by atoms with Crippen molar-refractivity contribution in [3.05, 3.63) is 35.4 Å². The first-order valence-electron chi connectivity index (χ1n) is 6.97. The fraction of sp³-hybridized carbons (Fsp3) is 0.500.